The number of carbonyl (C=O) groups excluding carboxylic acids is 1. The maximum Gasteiger partial charge on any atom is 0.258 e. The molecule has 2 aromatic carbocycles. The lowest BCUT2D eigenvalue weighted by Crippen LogP contribution is -2.41. The highest BCUT2D eigenvalue weighted by Gasteiger charge is 2.29. The Balaban J connectivity index is 1.49. The van der Waals surface area contributed by atoms with Gasteiger partial charge in [0.05, 0.1) is 7.11 Å². The molecule has 27 heavy (non-hydrogen) atoms. The van der Waals surface area contributed by atoms with Crippen molar-refractivity contribution in [2.24, 2.45) is 5.10 Å². The Hall–Kier alpha value is -2.96. The lowest BCUT2D eigenvalue weighted by molar-refractivity contribution is -0.122. The van der Waals surface area contributed by atoms with Crippen LogP contribution in [0.3, 0.4) is 0 Å². The molecule has 2 unspecified atom stereocenters. The van der Waals surface area contributed by atoms with Crippen molar-refractivity contribution in [1.29, 1.82) is 0 Å². The van der Waals surface area contributed by atoms with Crippen molar-refractivity contribution in [3.8, 4) is 5.75 Å². The number of amides is 1. The summed E-state index contributed by atoms with van der Waals surface area (Å²) in [6, 6.07) is 15.8. The van der Waals surface area contributed by atoms with Gasteiger partial charge in [-0.25, -0.2) is 16.3 Å². The van der Waals surface area contributed by atoms with Crippen LogP contribution in [0.2, 0.25) is 0 Å². The number of hydrogen-bond acceptors (Lipinski definition) is 5. The number of ether oxygens (including phenoxy) is 1. The molecule has 1 heterocycles. The summed E-state index contributed by atoms with van der Waals surface area (Å²) in [6.45, 7) is 2.06. The molecule has 140 valence electrons. The third-order valence-electron chi connectivity index (χ3n) is 4.45. The van der Waals surface area contributed by atoms with Crippen LogP contribution in [-0.4, -0.2) is 25.3 Å². The highest BCUT2D eigenvalue weighted by molar-refractivity contribution is 5.84. The van der Waals surface area contributed by atoms with E-state index in [9.17, 15) is 4.79 Å². The normalized spacial score (nSPS) is 19.6. The zero-order valence-electron chi connectivity index (χ0n) is 15.5. The van der Waals surface area contributed by atoms with E-state index in [0.29, 0.717) is 6.42 Å². The quantitative estimate of drug-likeness (QED) is 0.544. The molecular formula is C21H24N4O2. The van der Waals surface area contributed by atoms with Gasteiger partial charge in [0, 0.05) is 17.8 Å². The molecular weight excluding hydrogens is 340 g/mol. The van der Waals surface area contributed by atoms with Crippen LogP contribution in [0.25, 0.3) is 6.08 Å². The fourth-order valence-corrected chi connectivity index (χ4v) is 2.92. The number of carbonyl (C=O) groups is 1. The van der Waals surface area contributed by atoms with E-state index < -0.39 is 0 Å². The van der Waals surface area contributed by atoms with Gasteiger partial charge in [-0.1, -0.05) is 48.0 Å². The summed E-state index contributed by atoms with van der Waals surface area (Å²) in [5, 5.41) is 3.98. The molecule has 3 rings (SSSR count). The number of para-hydroxylation sites is 1. The van der Waals surface area contributed by atoms with Crippen LogP contribution in [0.15, 0.2) is 59.7 Å². The second kappa shape index (κ2) is 9.12. The fourth-order valence-electron chi connectivity index (χ4n) is 2.92. The van der Waals surface area contributed by atoms with E-state index in [1.807, 2.05) is 30.3 Å². The summed E-state index contributed by atoms with van der Waals surface area (Å²) >= 11 is 0. The molecule has 3 N–H and O–H groups in total. The molecule has 0 bridgehead atoms. The van der Waals surface area contributed by atoms with Gasteiger partial charge < -0.3 is 4.74 Å². The van der Waals surface area contributed by atoms with Crippen molar-refractivity contribution in [2.75, 3.05) is 7.11 Å². The molecule has 6 nitrogen and oxygen atoms in total. The predicted molar refractivity (Wildman–Crippen MR) is 107 cm³/mol. The number of hydrogen-bond donors (Lipinski definition) is 3. The molecule has 1 fully saturated rings. The largest absolute Gasteiger partial charge is 0.496 e. The first-order valence-electron chi connectivity index (χ1n) is 8.87. The number of nitrogens with one attached hydrogen (secondary N) is 3. The molecule has 0 aliphatic carbocycles. The minimum Gasteiger partial charge on any atom is -0.496 e. The first-order valence-corrected chi connectivity index (χ1v) is 8.87. The Bertz CT molecular complexity index is 830. The first kappa shape index (κ1) is 18.8. The number of benzene rings is 2. The van der Waals surface area contributed by atoms with Gasteiger partial charge in [-0.15, -0.1) is 0 Å². The van der Waals surface area contributed by atoms with E-state index in [-0.39, 0.29) is 18.0 Å². The summed E-state index contributed by atoms with van der Waals surface area (Å²) in [5.41, 5.74) is 12.1. The van der Waals surface area contributed by atoms with Crippen molar-refractivity contribution in [2.45, 2.75) is 25.4 Å². The Kier molecular flexibility index (Phi) is 6.35. The number of hydrazine groups is 1. The highest BCUT2D eigenvalue weighted by Crippen LogP contribution is 2.22. The van der Waals surface area contributed by atoms with Crippen LogP contribution in [0.5, 0.6) is 5.75 Å². The summed E-state index contributed by atoms with van der Waals surface area (Å²) in [7, 11) is 1.63. The lowest BCUT2D eigenvalue weighted by atomic mass is 10.0. The van der Waals surface area contributed by atoms with Crippen molar-refractivity contribution in [3.63, 3.8) is 0 Å². The summed E-state index contributed by atoms with van der Waals surface area (Å²) in [4.78, 5) is 12.2. The fraction of sp³-hybridized carbons (Fsp3) is 0.238. The molecule has 1 saturated heterocycles. The number of hydrazone groups is 1. The van der Waals surface area contributed by atoms with Crippen LogP contribution in [-0.2, 0) is 4.79 Å². The molecule has 0 aromatic heterocycles. The van der Waals surface area contributed by atoms with Gasteiger partial charge in [-0.2, -0.15) is 5.10 Å². The van der Waals surface area contributed by atoms with Crippen molar-refractivity contribution >= 4 is 18.2 Å². The standard InChI is InChI=1S/C21H24N4O2/c1-15-9-11-16(12-10-15)18-14-19(24-23-18)21(26)25-22-13-5-7-17-6-3-4-8-20(17)27-2/h3-13,18-19,23-24H,14H2,1-2H3,(H,25,26)/b7-5+,22-13+. The van der Waals surface area contributed by atoms with Crippen molar-refractivity contribution in [1.82, 2.24) is 16.3 Å². The number of rotatable bonds is 6. The van der Waals surface area contributed by atoms with Gasteiger partial charge in [0.25, 0.3) is 5.91 Å². The smallest absolute Gasteiger partial charge is 0.258 e. The Morgan fingerprint density at radius 2 is 1.96 bits per heavy atom. The molecule has 6 heteroatoms. The zero-order chi connectivity index (χ0) is 19.1. The average Bonchev–Trinajstić information content (AvgIpc) is 3.19. The SMILES string of the molecule is COc1ccccc1/C=C/C=N/NC(=O)C1CC(c2ccc(C)cc2)NN1. The number of aryl methyl sites for hydroxylation is 1. The van der Waals surface area contributed by atoms with Crippen LogP contribution < -0.4 is 21.0 Å². The monoisotopic (exact) mass is 364 g/mol. The van der Waals surface area contributed by atoms with E-state index in [2.05, 4.69) is 52.6 Å². The van der Waals surface area contributed by atoms with E-state index in [1.165, 1.54) is 5.56 Å². The molecule has 2 atom stereocenters. The third kappa shape index (κ3) is 5.03. The lowest BCUT2D eigenvalue weighted by Gasteiger charge is -2.09. The van der Waals surface area contributed by atoms with Gasteiger partial charge in [-0.3, -0.25) is 4.79 Å². The van der Waals surface area contributed by atoms with Gasteiger partial charge >= 0.3 is 0 Å². The molecule has 0 spiro atoms. The minimum atomic E-state index is -0.327. The minimum absolute atomic E-state index is 0.107. The van der Waals surface area contributed by atoms with E-state index in [0.717, 1.165) is 16.9 Å². The molecule has 0 saturated carbocycles. The maximum atomic E-state index is 12.2. The van der Waals surface area contributed by atoms with E-state index in [1.54, 1.807) is 19.4 Å². The molecule has 0 radical (unpaired) electrons. The molecule has 1 aliphatic rings. The number of methoxy groups -OCH3 is 1. The highest BCUT2D eigenvalue weighted by atomic mass is 16.5. The van der Waals surface area contributed by atoms with Crippen molar-refractivity contribution < 1.29 is 9.53 Å². The predicted octanol–water partition coefficient (Wildman–Crippen LogP) is 2.73. The van der Waals surface area contributed by atoms with Gasteiger partial charge in [0.1, 0.15) is 11.8 Å². The van der Waals surface area contributed by atoms with Crippen molar-refractivity contribution in [3.05, 3.63) is 71.3 Å². The van der Waals surface area contributed by atoms with Crippen LogP contribution in [0.1, 0.15) is 29.2 Å². The van der Waals surface area contributed by atoms with Gasteiger partial charge in [0.2, 0.25) is 0 Å². The number of allylic oxidation sites excluding steroid dienone is 1. The van der Waals surface area contributed by atoms with Crippen LogP contribution >= 0.6 is 0 Å². The zero-order valence-corrected chi connectivity index (χ0v) is 15.5. The average molecular weight is 364 g/mol. The van der Waals surface area contributed by atoms with Gasteiger partial charge in [0.15, 0.2) is 0 Å². The first-order chi connectivity index (χ1) is 13.2. The van der Waals surface area contributed by atoms with Gasteiger partial charge in [-0.05, 0) is 37.1 Å². The number of nitrogens with zero attached hydrogens (tertiary/aromatic N) is 1. The second-order valence-electron chi connectivity index (χ2n) is 6.40. The van der Waals surface area contributed by atoms with Crippen LogP contribution in [0, 0.1) is 6.92 Å². The van der Waals surface area contributed by atoms with Crippen LogP contribution in [0.4, 0.5) is 0 Å². The summed E-state index contributed by atoms with van der Waals surface area (Å²) in [6.07, 6.45) is 5.84. The third-order valence-corrected chi connectivity index (χ3v) is 4.45. The Morgan fingerprint density at radius 3 is 2.74 bits per heavy atom. The Labute approximate surface area is 159 Å². The Morgan fingerprint density at radius 1 is 1.19 bits per heavy atom. The molecule has 1 aliphatic heterocycles. The molecule has 2 aromatic rings. The summed E-state index contributed by atoms with van der Waals surface area (Å²) in [5.74, 6) is 0.619. The van der Waals surface area contributed by atoms with E-state index >= 15 is 0 Å². The maximum absolute atomic E-state index is 12.2. The topological polar surface area (TPSA) is 74.8 Å². The molecule has 1 amide bonds. The van der Waals surface area contributed by atoms with E-state index in [4.69, 9.17) is 4.74 Å². The summed E-state index contributed by atoms with van der Waals surface area (Å²) < 4.78 is 5.28. The second-order valence-corrected chi connectivity index (χ2v) is 6.40.